The van der Waals surface area contributed by atoms with E-state index in [1.165, 1.54) is 0 Å². The number of amidine groups is 1. The second-order valence-electron chi connectivity index (χ2n) is 4.86. The Balaban J connectivity index is 2.03. The van der Waals surface area contributed by atoms with E-state index in [-0.39, 0.29) is 12.4 Å². The Morgan fingerprint density at radius 3 is 3.11 bits per heavy atom. The minimum atomic E-state index is 0.0162. The van der Waals surface area contributed by atoms with Crippen molar-refractivity contribution in [3.63, 3.8) is 0 Å². The lowest BCUT2D eigenvalue weighted by molar-refractivity contribution is 0.205. The number of oxime groups is 1. The molecular weight excluding hydrogens is 244 g/mol. The summed E-state index contributed by atoms with van der Waals surface area (Å²) in [6.45, 7) is 0.818. The molecule has 0 amide bonds. The second kappa shape index (κ2) is 6.49. The molecule has 6 heteroatoms. The summed E-state index contributed by atoms with van der Waals surface area (Å²) in [6, 6.07) is 4.05. The summed E-state index contributed by atoms with van der Waals surface area (Å²) in [4.78, 5) is 4.13. The number of nitrogens with one attached hydrogen (secondary N) is 1. The van der Waals surface area contributed by atoms with Crippen molar-refractivity contribution >= 4 is 5.84 Å². The Morgan fingerprint density at radius 1 is 1.53 bits per heavy atom. The molecule has 1 fully saturated rings. The van der Waals surface area contributed by atoms with Gasteiger partial charge in [-0.05, 0) is 30.4 Å². The zero-order chi connectivity index (χ0) is 13.7. The smallest absolute Gasteiger partial charge is 0.189 e. The van der Waals surface area contributed by atoms with E-state index in [0.717, 1.165) is 24.8 Å². The Labute approximate surface area is 112 Å². The lowest BCUT2D eigenvalue weighted by Crippen LogP contribution is -2.34. The van der Waals surface area contributed by atoms with Crippen LogP contribution in [0, 0.1) is 5.92 Å². The number of hydrogen-bond donors (Lipinski definition) is 4. The van der Waals surface area contributed by atoms with Crippen LogP contribution in [0.5, 0.6) is 0 Å². The van der Waals surface area contributed by atoms with Crippen molar-refractivity contribution in [2.75, 3.05) is 6.61 Å². The van der Waals surface area contributed by atoms with Crippen molar-refractivity contribution < 1.29 is 10.3 Å². The summed E-state index contributed by atoms with van der Waals surface area (Å²) in [5.41, 5.74) is 6.99. The quantitative estimate of drug-likeness (QED) is 0.267. The molecule has 1 aromatic rings. The van der Waals surface area contributed by atoms with Crippen LogP contribution in [0.15, 0.2) is 23.5 Å². The van der Waals surface area contributed by atoms with Gasteiger partial charge in [0.2, 0.25) is 0 Å². The minimum absolute atomic E-state index is 0.0162. The number of nitrogens with zero attached hydrogens (tertiary/aromatic N) is 2. The van der Waals surface area contributed by atoms with Crippen LogP contribution in [0.4, 0.5) is 0 Å². The number of nitrogens with two attached hydrogens (primary N) is 1. The van der Waals surface area contributed by atoms with Crippen molar-refractivity contribution in [1.29, 1.82) is 0 Å². The first kappa shape index (κ1) is 13.8. The van der Waals surface area contributed by atoms with E-state index < -0.39 is 0 Å². The molecule has 0 saturated heterocycles. The van der Waals surface area contributed by atoms with Gasteiger partial charge in [-0.1, -0.05) is 17.6 Å². The van der Waals surface area contributed by atoms with Gasteiger partial charge in [0, 0.05) is 25.4 Å². The van der Waals surface area contributed by atoms with E-state index in [9.17, 15) is 5.11 Å². The van der Waals surface area contributed by atoms with Crippen molar-refractivity contribution in [1.82, 2.24) is 10.3 Å². The van der Waals surface area contributed by atoms with Crippen LogP contribution in [0.2, 0.25) is 0 Å². The average Bonchev–Trinajstić information content (AvgIpc) is 2.92. The molecule has 1 aliphatic carbocycles. The largest absolute Gasteiger partial charge is 0.409 e. The van der Waals surface area contributed by atoms with E-state index in [4.69, 9.17) is 10.9 Å². The van der Waals surface area contributed by atoms with E-state index >= 15 is 0 Å². The summed E-state index contributed by atoms with van der Waals surface area (Å²) < 4.78 is 0. The Bertz CT molecular complexity index is 450. The number of hydrogen-bond acceptors (Lipinski definition) is 5. The van der Waals surface area contributed by atoms with Gasteiger partial charge in [-0.15, -0.1) is 0 Å². The van der Waals surface area contributed by atoms with E-state index in [1.807, 2.05) is 12.1 Å². The highest BCUT2D eigenvalue weighted by Gasteiger charge is 2.26. The molecular formula is C13H20N4O2. The predicted molar refractivity (Wildman–Crippen MR) is 71.8 cm³/mol. The molecule has 0 aromatic carbocycles. The van der Waals surface area contributed by atoms with Gasteiger partial charge in [0.15, 0.2) is 5.84 Å². The predicted octanol–water partition coefficient (Wildman–Crippen LogP) is 0.427. The van der Waals surface area contributed by atoms with Crippen LogP contribution in [0.3, 0.4) is 0 Å². The topological polar surface area (TPSA) is 104 Å². The van der Waals surface area contributed by atoms with E-state index in [2.05, 4.69) is 15.5 Å². The van der Waals surface area contributed by atoms with Gasteiger partial charge in [-0.2, -0.15) is 0 Å². The SMILES string of the molecule is N/C(=N/O)c1ncccc1CNC1CCCC1CO. The molecule has 1 aromatic heterocycles. The zero-order valence-corrected chi connectivity index (χ0v) is 10.8. The van der Waals surface area contributed by atoms with Gasteiger partial charge in [-0.25, -0.2) is 0 Å². The minimum Gasteiger partial charge on any atom is -0.409 e. The fourth-order valence-electron chi connectivity index (χ4n) is 2.62. The highest BCUT2D eigenvalue weighted by molar-refractivity contribution is 5.96. The maximum atomic E-state index is 9.29. The third kappa shape index (κ3) is 3.21. The monoisotopic (exact) mass is 264 g/mol. The van der Waals surface area contributed by atoms with Crippen LogP contribution in [-0.4, -0.2) is 33.8 Å². The summed E-state index contributed by atoms with van der Waals surface area (Å²) >= 11 is 0. The molecule has 2 rings (SSSR count). The first-order valence-electron chi connectivity index (χ1n) is 6.52. The van der Waals surface area contributed by atoms with Gasteiger partial charge in [0.1, 0.15) is 5.69 Å². The maximum absolute atomic E-state index is 9.29. The number of rotatable bonds is 5. The number of aromatic nitrogens is 1. The Morgan fingerprint density at radius 2 is 2.37 bits per heavy atom. The number of aliphatic hydroxyl groups excluding tert-OH is 1. The summed E-state index contributed by atoms with van der Waals surface area (Å²) in [7, 11) is 0. The molecule has 1 saturated carbocycles. The molecule has 2 unspecified atom stereocenters. The first-order chi connectivity index (χ1) is 9.26. The lowest BCUT2D eigenvalue weighted by Gasteiger charge is -2.19. The van der Waals surface area contributed by atoms with Crippen LogP contribution in [0.1, 0.15) is 30.5 Å². The molecule has 6 nitrogen and oxygen atoms in total. The number of aliphatic hydroxyl groups is 1. The van der Waals surface area contributed by atoms with Crippen molar-refractivity contribution in [2.24, 2.45) is 16.8 Å². The molecule has 19 heavy (non-hydrogen) atoms. The fraction of sp³-hybridized carbons (Fsp3) is 0.538. The molecule has 1 heterocycles. The van der Waals surface area contributed by atoms with Gasteiger partial charge >= 0.3 is 0 Å². The van der Waals surface area contributed by atoms with E-state index in [0.29, 0.717) is 24.2 Å². The first-order valence-corrected chi connectivity index (χ1v) is 6.52. The molecule has 0 spiro atoms. The van der Waals surface area contributed by atoms with Crippen LogP contribution in [0.25, 0.3) is 0 Å². The number of pyridine rings is 1. The lowest BCUT2D eigenvalue weighted by atomic mass is 10.0. The maximum Gasteiger partial charge on any atom is 0.189 e. The molecule has 5 N–H and O–H groups in total. The highest BCUT2D eigenvalue weighted by atomic mass is 16.4. The van der Waals surface area contributed by atoms with Gasteiger partial charge in [0.25, 0.3) is 0 Å². The van der Waals surface area contributed by atoms with Crippen LogP contribution >= 0.6 is 0 Å². The van der Waals surface area contributed by atoms with Crippen LogP contribution < -0.4 is 11.1 Å². The van der Waals surface area contributed by atoms with Crippen molar-refractivity contribution in [3.05, 3.63) is 29.6 Å². The molecule has 104 valence electrons. The third-order valence-electron chi connectivity index (χ3n) is 3.69. The Kier molecular flexibility index (Phi) is 4.70. The van der Waals surface area contributed by atoms with Crippen molar-refractivity contribution in [3.8, 4) is 0 Å². The van der Waals surface area contributed by atoms with Gasteiger partial charge in [0.05, 0.1) is 0 Å². The van der Waals surface area contributed by atoms with Crippen LogP contribution in [-0.2, 0) is 6.54 Å². The summed E-state index contributed by atoms with van der Waals surface area (Å²) in [5.74, 6) is 0.339. The standard InChI is InChI=1S/C13H20N4O2/c14-13(17-19)12-9(4-2-6-15-12)7-16-11-5-1-3-10(11)8-18/h2,4,6,10-11,16,18-19H,1,3,5,7-8H2,(H2,14,17). The molecule has 0 aliphatic heterocycles. The second-order valence-corrected chi connectivity index (χ2v) is 4.86. The molecule has 1 aliphatic rings. The van der Waals surface area contributed by atoms with E-state index in [1.54, 1.807) is 6.20 Å². The summed E-state index contributed by atoms with van der Waals surface area (Å²) in [6.07, 6.45) is 4.89. The normalized spacial score (nSPS) is 23.7. The zero-order valence-electron chi connectivity index (χ0n) is 10.8. The molecule has 0 radical (unpaired) electrons. The fourth-order valence-corrected chi connectivity index (χ4v) is 2.62. The summed E-state index contributed by atoms with van der Waals surface area (Å²) in [5, 5.41) is 24.5. The third-order valence-corrected chi connectivity index (χ3v) is 3.69. The van der Waals surface area contributed by atoms with Gasteiger partial charge < -0.3 is 21.4 Å². The average molecular weight is 264 g/mol. The molecule has 0 bridgehead atoms. The highest BCUT2D eigenvalue weighted by Crippen LogP contribution is 2.25. The molecule has 2 atom stereocenters. The Hall–Kier alpha value is -1.66. The van der Waals surface area contributed by atoms with Crippen molar-refractivity contribution in [2.45, 2.75) is 31.8 Å². The van der Waals surface area contributed by atoms with Gasteiger partial charge in [-0.3, -0.25) is 4.98 Å².